The van der Waals surface area contributed by atoms with Crippen molar-refractivity contribution in [1.29, 1.82) is 0 Å². The predicted molar refractivity (Wildman–Crippen MR) is 113 cm³/mol. The Morgan fingerprint density at radius 1 is 1.34 bits per heavy atom. The van der Waals surface area contributed by atoms with Crippen LogP contribution in [-0.4, -0.2) is 41.3 Å². The first-order chi connectivity index (χ1) is 13.7. The number of pyridine rings is 1. The predicted octanol–water partition coefficient (Wildman–Crippen LogP) is 2.10. The van der Waals surface area contributed by atoms with Crippen molar-refractivity contribution >= 4 is 32.4 Å². The number of hydrogen-bond donors (Lipinski definition) is 1. The van der Waals surface area contributed by atoms with Gasteiger partial charge >= 0.3 is 0 Å². The van der Waals surface area contributed by atoms with Crippen molar-refractivity contribution in [3.8, 4) is 0 Å². The zero-order valence-corrected chi connectivity index (χ0v) is 18.5. The van der Waals surface area contributed by atoms with E-state index in [2.05, 4.69) is 17.2 Å². The van der Waals surface area contributed by atoms with Gasteiger partial charge in [-0.15, -0.1) is 11.3 Å². The van der Waals surface area contributed by atoms with Gasteiger partial charge in [0.25, 0.3) is 5.56 Å². The number of nitrogens with zero attached hydrogens (tertiary/aromatic N) is 3. The summed E-state index contributed by atoms with van der Waals surface area (Å²) in [5, 5.41) is 3.26. The van der Waals surface area contributed by atoms with Crippen molar-refractivity contribution in [3.63, 3.8) is 0 Å². The number of anilines is 1. The van der Waals surface area contributed by atoms with Gasteiger partial charge in [-0.25, -0.2) is 13.4 Å². The van der Waals surface area contributed by atoms with Gasteiger partial charge < -0.3 is 9.88 Å². The van der Waals surface area contributed by atoms with E-state index in [1.165, 1.54) is 38.8 Å². The minimum Gasteiger partial charge on any atom is -0.305 e. The number of carbonyl (C=O) groups is 1. The fourth-order valence-electron chi connectivity index (χ4n) is 3.40. The second-order valence-electron chi connectivity index (χ2n) is 7.21. The van der Waals surface area contributed by atoms with Crippen LogP contribution in [0.1, 0.15) is 37.8 Å². The quantitative estimate of drug-likeness (QED) is 0.713. The van der Waals surface area contributed by atoms with Crippen molar-refractivity contribution in [2.45, 2.75) is 51.5 Å². The standard InChI is InChI=1S/C19H26N4O4S2/c1-4-23(5-2)29(26,27)14-7-9-18(25)22(11-14)12-17(24)21-19-20-15-8-6-13(3)10-16(15)28-19/h7,9,11,13H,4-6,8,10,12H2,1-3H3,(H,20,21,24)/t13-/m1/s1. The molecule has 0 aliphatic heterocycles. The van der Waals surface area contributed by atoms with Crippen LogP contribution in [-0.2, 0) is 34.2 Å². The molecule has 3 rings (SSSR count). The average molecular weight is 439 g/mol. The Morgan fingerprint density at radius 2 is 2.07 bits per heavy atom. The molecule has 1 N–H and O–H groups in total. The molecule has 0 radical (unpaired) electrons. The molecule has 0 spiro atoms. The van der Waals surface area contributed by atoms with Gasteiger partial charge in [-0.05, 0) is 31.2 Å². The molecule has 10 heteroatoms. The highest BCUT2D eigenvalue weighted by Crippen LogP contribution is 2.32. The summed E-state index contributed by atoms with van der Waals surface area (Å²) in [6, 6.07) is 2.45. The molecule has 2 aromatic heterocycles. The van der Waals surface area contributed by atoms with Crippen molar-refractivity contribution in [1.82, 2.24) is 13.9 Å². The fourth-order valence-corrected chi connectivity index (χ4v) is 6.07. The highest BCUT2D eigenvalue weighted by Gasteiger charge is 2.23. The maximum absolute atomic E-state index is 12.7. The molecule has 1 atom stereocenters. The van der Waals surface area contributed by atoms with Crippen LogP contribution >= 0.6 is 11.3 Å². The monoisotopic (exact) mass is 438 g/mol. The van der Waals surface area contributed by atoms with Gasteiger partial charge in [-0.2, -0.15) is 4.31 Å². The number of aryl methyl sites for hydroxylation is 1. The second kappa shape index (κ2) is 8.76. The van der Waals surface area contributed by atoms with E-state index in [1.54, 1.807) is 13.8 Å². The summed E-state index contributed by atoms with van der Waals surface area (Å²) in [6.07, 6.45) is 4.19. The molecule has 29 heavy (non-hydrogen) atoms. The molecule has 158 valence electrons. The fraction of sp³-hybridized carbons (Fsp3) is 0.526. The number of thiazole rings is 1. The summed E-state index contributed by atoms with van der Waals surface area (Å²) in [7, 11) is -3.71. The van der Waals surface area contributed by atoms with E-state index in [4.69, 9.17) is 0 Å². The third-order valence-electron chi connectivity index (χ3n) is 5.05. The van der Waals surface area contributed by atoms with Gasteiger partial charge in [0.2, 0.25) is 15.9 Å². The van der Waals surface area contributed by atoms with Crippen molar-refractivity contribution < 1.29 is 13.2 Å². The minimum atomic E-state index is -3.71. The lowest BCUT2D eigenvalue weighted by molar-refractivity contribution is -0.116. The van der Waals surface area contributed by atoms with Gasteiger partial charge in [0, 0.05) is 30.2 Å². The van der Waals surface area contributed by atoms with Gasteiger partial charge in [0.15, 0.2) is 5.13 Å². The summed E-state index contributed by atoms with van der Waals surface area (Å²) < 4.78 is 27.8. The molecular formula is C19H26N4O4S2. The molecule has 0 bridgehead atoms. The smallest absolute Gasteiger partial charge is 0.251 e. The number of carbonyl (C=O) groups excluding carboxylic acids is 1. The lowest BCUT2D eigenvalue weighted by atomic mass is 9.93. The molecule has 1 aliphatic rings. The summed E-state index contributed by atoms with van der Waals surface area (Å²) in [5.74, 6) is 0.198. The molecule has 2 aromatic rings. The molecule has 2 heterocycles. The van der Waals surface area contributed by atoms with Gasteiger partial charge in [-0.3, -0.25) is 9.59 Å². The maximum atomic E-state index is 12.7. The third-order valence-corrected chi connectivity index (χ3v) is 8.11. The first-order valence-corrected chi connectivity index (χ1v) is 12.0. The van der Waals surface area contributed by atoms with E-state index < -0.39 is 21.5 Å². The van der Waals surface area contributed by atoms with Gasteiger partial charge in [0.05, 0.1) is 10.6 Å². The lowest BCUT2D eigenvalue weighted by Gasteiger charge is -2.18. The average Bonchev–Trinajstić information content (AvgIpc) is 3.05. The largest absolute Gasteiger partial charge is 0.305 e. The van der Waals surface area contributed by atoms with Crippen molar-refractivity contribution in [2.75, 3.05) is 18.4 Å². The highest BCUT2D eigenvalue weighted by molar-refractivity contribution is 7.89. The number of fused-ring (bicyclic) bond motifs is 1. The molecule has 0 fully saturated rings. The number of rotatable bonds is 7. The van der Waals surface area contributed by atoms with Crippen LogP contribution in [0, 0.1) is 5.92 Å². The number of nitrogens with one attached hydrogen (secondary N) is 1. The Balaban J connectivity index is 1.76. The molecule has 0 saturated heterocycles. The number of sulfonamides is 1. The highest BCUT2D eigenvalue weighted by atomic mass is 32.2. The minimum absolute atomic E-state index is 0.00713. The Labute approximate surface area is 174 Å². The number of aromatic nitrogens is 2. The van der Waals surface area contributed by atoms with Crippen molar-refractivity contribution in [3.05, 3.63) is 39.3 Å². The van der Waals surface area contributed by atoms with E-state index in [-0.39, 0.29) is 11.4 Å². The Hall–Kier alpha value is -2.04. The third kappa shape index (κ3) is 4.76. The molecule has 1 aliphatic carbocycles. The van der Waals surface area contributed by atoms with Crippen LogP contribution in [0.25, 0.3) is 0 Å². The zero-order valence-electron chi connectivity index (χ0n) is 16.8. The van der Waals surface area contributed by atoms with Crippen LogP contribution in [0.2, 0.25) is 0 Å². The van der Waals surface area contributed by atoms with Crippen LogP contribution in [0.15, 0.2) is 28.0 Å². The zero-order chi connectivity index (χ0) is 21.2. The van der Waals surface area contributed by atoms with Gasteiger partial charge in [0.1, 0.15) is 6.54 Å². The summed E-state index contributed by atoms with van der Waals surface area (Å²) in [6.45, 7) is 6.07. The molecule has 0 aromatic carbocycles. The molecule has 8 nitrogen and oxygen atoms in total. The molecule has 0 unspecified atom stereocenters. The first kappa shape index (κ1) is 21.7. The maximum Gasteiger partial charge on any atom is 0.251 e. The van der Waals surface area contributed by atoms with E-state index in [9.17, 15) is 18.0 Å². The SMILES string of the molecule is CCN(CC)S(=O)(=O)c1ccc(=O)n(CC(=O)Nc2nc3c(s2)C[C@H](C)CC3)c1. The van der Waals surface area contributed by atoms with E-state index in [1.807, 2.05) is 0 Å². The van der Waals surface area contributed by atoms with Crippen LogP contribution < -0.4 is 10.9 Å². The van der Waals surface area contributed by atoms with Crippen molar-refractivity contribution in [2.24, 2.45) is 5.92 Å². The summed E-state index contributed by atoms with van der Waals surface area (Å²) in [4.78, 5) is 30.3. The van der Waals surface area contributed by atoms with Crippen LogP contribution in [0.5, 0.6) is 0 Å². The Morgan fingerprint density at radius 3 is 2.76 bits per heavy atom. The van der Waals surface area contributed by atoms with Crippen LogP contribution in [0.4, 0.5) is 5.13 Å². The van der Waals surface area contributed by atoms with E-state index in [0.717, 1.165) is 29.5 Å². The summed E-state index contributed by atoms with van der Waals surface area (Å²) >= 11 is 1.47. The Kier molecular flexibility index (Phi) is 6.55. The van der Waals surface area contributed by atoms with E-state index >= 15 is 0 Å². The Bertz CT molecular complexity index is 1050. The topological polar surface area (TPSA) is 101 Å². The van der Waals surface area contributed by atoms with Crippen LogP contribution in [0.3, 0.4) is 0 Å². The number of hydrogen-bond acceptors (Lipinski definition) is 6. The molecular weight excluding hydrogens is 412 g/mol. The summed E-state index contributed by atoms with van der Waals surface area (Å²) in [5.41, 5.74) is 0.596. The first-order valence-electron chi connectivity index (χ1n) is 9.73. The van der Waals surface area contributed by atoms with E-state index in [0.29, 0.717) is 24.1 Å². The second-order valence-corrected chi connectivity index (χ2v) is 10.2. The molecule has 1 amide bonds. The normalized spacial score (nSPS) is 16.6. The number of amides is 1. The van der Waals surface area contributed by atoms with Gasteiger partial charge in [-0.1, -0.05) is 20.8 Å². The molecule has 0 saturated carbocycles. The lowest BCUT2D eigenvalue weighted by Crippen LogP contribution is -2.33.